The van der Waals surface area contributed by atoms with Crippen LogP contribution >= 0.6 is 12.2 Å². The van der Waals surface area contributed by atoms with Crippen LogP contribution in [0.4, 0.5) is 17.6 Å². The molecule has 3 nitrogen and oxygen atoms in total. The number of aromatic amines is 1. The monoisotopic (exact) mass is 277 g/mol. The zero-order valence-corrected chi connectivity index (χ0v) is 9.86. The van der Waals surface area contributed by atoms with Crippen molar-refractivity contribution in [2.75, 3.05) is 0 Å². The average Bonchev–Trinajstić information content (AvgIpc) is 2.58. The summed E-state index contributed by atoms with van der Waals surface area (Å²) >= 11 is 4.83. The summed E-state index contributed by atoms with van der Waals surface area (Å²) in [6.07, 6.45) is -4.74. The fourth-order valence-electron chi connectivity index (χ4n) is 1.42. The Hall–Kier alpha value is -1.70. The Labute approximate surface area is 104 Å². The molecule has 0 aliphatic rings. The maximum atomic E-state index is 13.1. The van der Waals surface area contributed by atoms with E-state index in [0.29, 0.717) is 6.07 Å². The highest BCUT2D eigenvalue weighted by molar-refractivity contribution is 7.71. The zero-order chi connectivity index (χ0) is 13.5. The molecule has 0 bridgehead atoms. The molecule has 0 amide bonds. The van der Waals surface area contributed by atoms with Crippen molar-refractivity contribution in [2.45, 2.75) is 6.18 Å². The van der Waals surface area contributed by atoms with Crippen molar-refractivity contribution in [2.24, 2.45) is 7.05 Å². The third-order valence-electron chi connectivity index (χ3n) is 2.31. The molecular weight excluding hydrogens is 270 g/mol. The largest absolute Gasteiger partial charge is 0.419 e. The van der Waals surface area contributed by atoms with Gasteiger partial charge < -0.3 is 0 Å². The van der Waals surface area contributed by atoms with Crippen LogP contribution in [0.5, 0.6) is 0 Å². The SMILES string of the molecule is Cn1[nH]c(-c2ccc(F)c(C(F)(F)F)c2)nc1=S. The molecule has 2 rings (SSSR count). The maximum Gasteiger partial charge on any atom is 0.419 e. The van der Waals surface area contributed by atoms with Gasteiger partial charge in [0.15, 0.2) is 5.82 Å². The predicted octanol–water partition coefficient (Wildman–Crippen LogP) is 3.30. The first-order valence-corrected chi connectivity index (χ1v) is 5.20. The second kappa shape index (κ2) is 4.20. The number of nitrogens with one attached hydrogen (secondary N) is 1. The summed E-state index contributed by atoms with van der Waals surface area (Å²) in [7, 11) is 1.58. The van der Waals surface area contributed by atoms with Crippen LogP contribution in [0.3, 0.4) is 0 Å². The molecule has 1 aromatic heterocycles. The van der Waals surface area contributed by atoms with Crippen LogP contribution in [-0.2, 0) is 13.2 Å². The standard InChI is InChI=1S/C10H7F4N3S/c1-17-9(18)15-8(16-17)5-2-3-7(11)6(4-5)10(12,13)14/h2-4H,1H3,(H,15,16,18). The van der Waals surface area contributed by atoms with Gasteiger partial charge >= 0.3 is 6.18 Å². The summed E-state index contributed by atoms with van der Waals surface area (Å²) in [4.78, 5) is 3.87. The fourth-order valence-corrected chi connectivity index (χ4v) is 1.56. The molecule has 8 heteroatoms. The third-order valence-corrected chi connectivity index (χ3v) is 2.68. The van der Waals surface area contributed by atoms with Gasteiger partial charge in [0.05, 0.1) is 5.56 Å². The van der Waals surface area contributed by atoms with Crippen molar-refractivity contribution in [3.8, 4) is 11.4 Å². The number of aromatic nitrogens is 3. The molecule has 0 aliphatic carbocycles. The molecule has 0 aliphatic heterocycles. The molecule has 1 N–H and O–H groups in total. The molecule has 0 unspecified atom stereocenters. The molecule has 2 aromatic rings. The molecule has 96 valence electrons. The number of H-pyrrole nitrogens is 1. The minimum absolute atomic E-state index is 0.121. The van der Waals surface area contributed by atoms with E-state index in [-0.39, 0.29) is 16.2 Å². The Morgan fingerprint density at radius 1 is 1.33 bits per heavy atom. The smallest absolute Gasteiger partial charge is 0.279 e. The molecule has 1 heterocycles. The Bertz CT molecular complexity index is 641. The van der Waals surface area contributed by atoms with Crippen molar-refractivity contribution in [1.82, 2.24) is 14.8 Å². The normalized spacial score (nSPS) is 11.8. The van der Waals surface area contributed by atoms with E-state index in [9.17, 15) is 17.6 Å². The Kier molecular flexibility index (Phi) is 2.97. The Morgan fingerprint density at radius 2 is 2.00 bits per heavy atom. The van der Waals surface area contributed by atoms with Gasteiger partial charge in [0.1, 0.15) is 5.82 Å². The number of alkyl halides is 3. The summed E-state index contributed by atoms with van der Waals surface area (Å²) in [6, 6.07) is 2.66. The Morgan fingerprint density at radius 3 is 2.50 bits per heavy atom. The second-order valence-electron chi connectivity index (χ2n) is 3.61. The van der Waals surface area contributed by atoms with Gasteiger partial charge in [-0.05, 0) is 30.4 Å². The summed E-state index contributed by atoms with van der Waals surface area (Å²) in [5, 5.41) is 2.67. The highest BCUT2D eigenvalue weighted by Crippen LogP contribution is 2.33. The number of hydrogen-bond acceptors (Lipinski definition) is 2. The molecule has 0 fully saturated rings. The highest BCUT2D eigenvalue weighted by atomic mass is 32.1. The first-order valence-electron chi connectivity index (χ1n) is 4.79. The molecule has 0 saturated heterocycles. The Balaban J connectivity index is 2.57. The minimum Gasteiger partial charge on any atom is -0.279 e. The van der Waals surface area contributed by atoms with Gasteiger partial charge in [-0.3, -0.25) is 9.78 Å². The number of rotatable bonds is 1. The van der Waals surface area contributed by atoms with E-state index in [1.165, 1.54) is 10.7 Å². The molecule has 0 saturated carbocycles. The van der Waals surface area contributed by atoms with Crippen LogP contribution in [0.15, 0.2) is 18.2 Å². The maximum absolute atomic E-state index is 13.1. The quantitative estimate of drug-likeness (QED) is 0.641. The zero-order valence-electron chi connectivity index (χ0n) is 9.05. The van der Waals surface area contributed by atoms with Crippen LogP contribution in [-0.4, -0.2) is 14.8 Å². The van der Waals surface area contributed by atoms with Gasteiger partial charge in [-0.2, -0.15) is 18.2 Å². The molecule has 18 heavy (non-hydrogen) atoms. The minimum atomic E-state index is -4.74. The van der Waals surface area contributed by atoms with Crippen molar-refractivity contribution >= 4 is 12.2 Å². The van der Waals surface area contributed by atoms with Crippen LogP contribution in [0.25, 0.3) is 11.4 Å². The number of nitrogens with zero attached hydrogens (tertiary/aromatic N) is 2. The lowest BCUT2D eigenvalue weighted by Crippen LogP contribution is -2.08. The summed E-state index contributed by atoms with van der Waals surface area (Å²) in [5.41, 5.74) is -1.21. The van der Waals surface area contributed by atoms with Gasteiger partial charge in [-0.15, -0.1) is 0 Å². The number of hydrogen-bond donors (Lipinski definition) is 1. The lowest BCUT2D eigenvalue weighted by molar-refractivity contribution is -0.139. The molecule has 1 aromatic carbocycles. The first-order chi connectivity index (χ1) is 8.29. The van der Waals surface area contributed by atoms with Gasteiger partial charge in [0, 0.05) is 12.6 Å². The topological polar surface area (TPSA) is 33.6 Å². The fraction of sp³-hybridized carbons (Fsp3) is 0.200. The van der Waals surface area contributed by atoms with Gasteiger partial charge in [0.2, 0.25) is 4.77 Å². The van der Waals surface area contributed by atoms with Crippen LogP contribution in [0.2, 0.25) is 0 Å². The molecule has 0 radical (unpaired) electrons. The number of aryl methyl sites for hydroxylation is 1. The molecular formula is C10H7F4N3S. The van der Waals surface area contributed by atoms with Gasteiger partial charge in [-0.25, -0.2) is 4.39 Å². The van der Waals surface area contributed by atoms with Gasteiger partial charge in [0.25, 0.3) is 0 Å². The summed E-state index contributed by atoms with van der Waals surface area (Å²) in [5.74, 6) is -1.16. The van der Waals surface area contributed by atoms with Crippen LogP contribution < -0.4 is 0 Å². The average molecular weight is 277 g/mol. The lowest BCUT2D eigenvalue weighted by atomic mass is 10.1. The number of halogens is 4. The van der Waals surface area contributed by atoms with Gasteiger partial charge in [-0.1, -0.05) is 0 Å². The predicted molar refractivity (Wildman–Crippen MR) is 58.8 cm³/mol. The highest BCUT2D eigenvalue weighted by Gasteiger charge is 2.34. The van der Waals surface area contributed by atoms with E-state index in [4.69, 9.17) is 12.2 Å². The van der Waals surface area contributed by atoms with E-state index in [2.05, 4.69) is 10.1 Å². The van der Waals surface area contributed by atoms with Crippen molar-refractivity contribution in [3.05, 3.63) is 34.4 Å². The van der Waals surface area contributed by atoms with E-state index in [1.54, 1.807) is 7.05 Å². The number of benzene rings is 1. The van der Waals surface area contributed by atoms with E-state index >= 15 is 0 Å². The van der Waals surface area contributed by atoms with E-state index < -0.39 is 17.6 Å². The van der Waals surface area contributed by atoms with Crippen molar-refractivity contribution in [1.29, 1.82) is 0 Å². The third kappa shape index (κ3) is 2.28. The van der Waals surface area contributed by atoms with Crippen LogP contribution in [0.1, 0.15) is 5.56 Å². The van der Waals surface area contributed by atoms with Crippen LogP contribution in [0, 0.1) is 10.6 Å². The van der Waals surface area contributed by atoms with Crippen molar-refractivity contribution < 1.29 is 17.6 Å². The van der Waals surface area contributed by atoms with Crippen molar-refractivity contribution in [3.63, 3.8) is 0 Å². The summed E-state index contributed by atoms with van der Waals surface area (Å²) < 4.78 is 52.3. The summed E-state index contributed by atoms with van der Waals surface area (Å²) in [6.45, 7) is 0. The molecule has 0 spiro atoms. The lowest BCUT2D eigenvalue weighted by Gasteiger charge is -2.08. The van der Waals surface area contributed by atoms with E-state index in [0.717, 1.165) is 6.07 Å². The van der Waals surface area contributed by atoms with E-state index in [1.807, 2.05) is 0 Å². The second-order valence-corrected chi connectivity index (χ2v) is 3.97. The first kappa shape index (κ1) is 12.7. The molecule has 0 atom stereocenters.